The highest BCUT2D eigenvalue weighted by molar-refractivity contribution is 5.97. The standard InChI is InChI=1S/C19H21N3O5/c1-25-15-6-4-13(5-7-15)11-21-22-18(23)12-20-19(24)14-8-16(26-2)10-17(9-14)27-3/h4-11H,12H2,1-3H3,(H,20,24)(H,22,23)/b21-11-. The molecule has 142 valence electrons. The van der Waals surface area contributed by atoms with E-state index in [0.29, 0.717) is 17.1 Å². The molecule has 2 aromatic rings. The summed E-state index contributed by atoms with van der Waals surface area (Å²) in [5.74, 6) is 0.804. The Morgan fingerprint density at radius 3 is 2.07 bits per heavy atom. The van der Waals surface area contributed by atoms with Crippen LogP contribution in [-0.4, -0.2) is 45.9 Å². The van der Waals surface area contributed by atoms with Crippen molar-refractivity contribution < 1.29 is 23.8 Å². The van der Waals surface area contributed by atoms with E-state index in [1.165, 1.54) is 20.4 Å². The normalized spacial score (nSPS) is 10.3. The van der Waals surface area contributed by atoms with Gasteiger partial charge in [0.25, 0.3) is 11.8 Å². The zero-order chi connectivity index (χ0) is 19.6. The first kappa shape index (κ1) is 19.8. The van der Waals surface area contributed by atoms with Gasteiger partial charge in [-0.15, -0.1) is 0 Å². The summed E-state index contributed by atoms with van der Waals surface area (Å²) >= 11 is 0. The maximum atomic E-state index is 12.2. The Labute approximate surface area is 157 Å². The summed E-state index contributed by atoms with van der Waals surface area (Å²) in [7, 11) is 4.56. The minimum Gasteiger partial charge on any atom is -0.497 e. The lowest BCUT2D eigenvalue weighted by Gasteiger charge is -2.08. The Morgan fingerprint density at radius 2 is 1.52 bits per heavy atom. The fourth-order valence-electron chi connectivity index (χ4n) is 2.11. The average molecular weight is 371 g/mol. The first-order valence-corrected chi connectivity index (χ1v) is 8.03. The van der Waals surface area contributed by atoms with Gasteiger partial charge in [0.15, 0.2) is 0 Å². The number of amides is 2. The molecule has 0 fully saturated rings. The highest BCUT2D eigenvalue weighted by Crippen LogP contribution is 2.22. The number of hydrogen-bond acceptors (Lipinski definition) is 6. The lowest BCUT2D eigenvalue weighted by atomic mass is 10.2. The summed E-state index contributed by atoms with van der Waals surface area (Å²) in [6.07, 6.45) is 1.49. The molecule has 2 N–H and O–H groups in total. The molecule has 8 nitrogen and oxygen atoms in total. The predicted octanol–water partition coefficient (Wildman–Crippen LogP) is 1.59. The Morgan fingerprint density at radius 1 is 0.926 bits per heavy atom. The summed E-state index contributed by atoms with van der Waals surface area (Å²) in [4.78, 5) is 24.0. The summed E-state index contributed by atoms with van der Waals surface area (Å²) in [5.41, 5.74) is 3.46. The van der Waals surface area contributed by atoms with Crippen LogP contribution in [0, 0.1) is 0 Å². The molecule has 0 bridgehead atoms. The molecular formula is C19H21N3O5. The van der Waals surface area contributed by atoms with E-state index in [0.717, 1.165) is 11.3 Å². The maximum Gasteiger partial charge on any atom is 0.259 e. The van der Waals surface area contributed by atoms with Crippen molar-refractivity contribution in [3.8, 4) is 17.2 Å². The van der Waals surface area contributed by atoms with Crippen LogP contribution < -0.4 is 25.0 Å². The molecule has 27 heavy (non-hydrogen) atoms. The second kappa shape index (κ2) is 9.81. The molecule has 0 aliphatic rings. The van der Waals surface area contributed by atoms with Gasteiger partial charge < -0.3 is 19.5 Å². The van der Waals surface area contributed by atoms with Gasteiger partial charge in [-0.2, -0.15) is 5.10 Å². The summed E-state index contributed by atoms with van der Waals surface area (Å²) in [5, 5.41) is 6.36. The molecular weight excluding hydrogens is 350 g/mol. The number of hydrogen-bond donors (Lipinski definition) is 2. The van der Waals surface area contributed by atoms with Crippen molar-refractivity contribution in [2.45, 2.75) is 0 Å². The number of hydrazone groups is 1. The number of methoxy groups -OCH3 is 3. The van der Waals surface area contributed by atoms with Crippen molar-refractivity contribution in [1.82, 2.24) is 10.7 Å². The number of carbonyl (C=O) groups excluding carboxylic acids is 2. The van der Waals surface area contributed by atoms with Crippen molar-refractivity contribution in [3.63, 3.8) is 0 Å². The minimum absolute atomic E-state index is 0.224. The number of nitrogens with one attached hydrogen (secondary N) is 2. The van der Waals surface area contributed by atoms with Crippen molar-refractivity contribution in [1.29, 1.82) is 0 Å². The van der Waals surface area contributed by atoms with E-state index in [1.54, 1.807) is 49.6 Å². The number of carbonyl (C=O) groups is 2. The molecule has 0 spiro atoms. The smallest absolute Gasteiger partial charge is 0.259 e. The van der Waals surface area contributed by atoms with Crippen LogP contribution in [-0.2, 0) is 4.79 Å². The number of rotatable bonds is 8. The minimum atomic E-state index is -0.456. The second-order valence-electron chi connectivity index (χ2n) is 5.35. The van der Waals surface area contributed by atoms with E-state index in [1.807, 2.05) is 0 Å². The summed E-state index contributed by atoms with van der Waals surface area (Å²) < 4.78 is 15.3. The molecule has 0 saturated heterocycles. The fraction of sp³-hybridized carbons (Fsp3) is 0.211. The Hall–Kier alpha value is -3.55. The van der Waals surface area contributed by atoms with Gasteiger partial charge in [-0.3, -0.25) is 9.59 Å². The molecule has 0 aliphatic carbocycles. The van der Waals surface area contributed by atoms with Gasteiger partial charge >= 0.3 is 0 Å². The molecule has 0 unspecified atom stereocenters. The quantitative estimate of drug-likeness (QED) is 0.542. The van der Waals surface area contributed by atoms with E-state index >= 15 is 0 Å². The predicted molar refractivity (Wildman–Crippen MR) is 101 cm³/mol. The van der Waals surface area contributed by atoms with E-state index < -0.39 is 11.8 Å². The van der Waals surface area contributed by atoms with E-state index in [4.69, 9.17) is 14.2 Å². The van der Waals surface area contributed by atoms with Crippen LogP contribution >= 0.6 is 0 Å². The van der Waals surface area contributed by atoms with Crippen LogP contribution in [0.25, 0.3) is 0 Å². The Kier molecular flexibility index (Phi) is 7.18. The van der Waals surface area contributed by atoms with E-state index in [9.17, 15) is 9.59 Å². The summed E-state index contributed by atoms with van der Waals surface area (Å²) in [6.45, 7) is -0.224. The molecule has 0 aromatic heterocycles. The molecule has 2 amide bonds. The topological polar surface area (TPSA) is 98.2 Å². The molecule has 2 rings (SSSR count). The van der Waals surface area contributed by atoms with Gasteiger partial charge in [0.2, 0.25) is 0 Å². The molecule has 0 atom stereocenters. The van der Waals surface area contributed by atoms with Crippen LogP contribution in [0.15, 0.2) is 47.6 Å². The lowest BCUT2D eigenvalue weighted by Crippen LogP contribution is -2.34. The van der Waals surface area contributed by atoms with E-state index in [-0.39, 0.29) is 6.54 Å². The average Bonchev–Trinajstić information content (AvgIpc) is 2.72. The molecule has 2 aromatic carbocycles. The third-order valence-corrected chi connectivity index (χ3v) is 3.54. The Bertz CT molecular complexity index is 796. The van der Waals surface area contributed by atoms with Crippen molar-refractivity contribution in [2.24, 2.45) is 5.10 Å². The van der Waals surface area contributed by atoms with Gasteiger partial charge in [-0.25, -0.2) is 5.43 Å². The first-order chi connectivity index (χ1) is 13.0. The van der Waals surface area contributed by atoms with E-state index in [2.05, 4.69) is 15.8 Å². The van der Waals surface area contributed by atoms with Crippen molar-refractivity contribution in [3.05, 3.63) is 53.6 Å². The molecule has 8 heteroatoms. The first-order valence-electron chi connectivity index (χ1n) is 8.03. The highest BCUT2D eigenvalue weighted by atomic mass is 16.5. The monoisotopic (exact) mass is 371 g/mol. The van der Waals surface area contributed by atoms with Gasteiger partial charge in [-0.05, 0) is 42.0 Å². The largest absolute Gasteiger partial charge is 0.497 e. The second-order valence-corrected chi connectivity index (χ2v) is 5.35. The SMILES string of the molecule is COc1ccc(/C=N\NC(=O)CNC(=O)c2cc(OC)cc(OC)c2)cc1. The Balaban J connectivity index is 1.85. The zero-order valence-electron chi connectivity index (χ0n) is 15.3. The number of ether oxygens (including phenoxy) is 3. The lowest BCUT2D eigenvalue weighted by molar-refractivity contribution is -0.120. The fourth-order valence-corrected chi connectivity index (χ4v) is 2.11. The maximum absolute atomic E-state index is 12.2. The molecule has 0 aliphatic heterocycles. The third kappa shape index (κ3) is 6.03. The highest BCUT2D eigenvalue weighted by Gasteiger charge is 2.11. The van der Waals surface area contributed by atoms with Crippen LogP contribution in [0.5, 0.6) is 17.2 Å². The molecule has 0 saturated carbocycles. The van der Waals surface area contributed by atoms with Crippen molar-refractivity contribution >= 4 is 18.0 Å². The van der Waals surface area contributed by atoms with Crippen LogP contribution in [0.4, 0.5) is 0 Å². The third-order valence-electron chi connectivity index (χ3n) is 3.54. The van der Waals surface area contributed by atoms with Gasteiger partial charge in [-0.1, -0.05) is 0 Å². The van der Waals surface area contributed by atoms with Crippen molar-refractivity contribution in [2.75, 3.05) is 27.9 Å². The summed E-state index contributed by atoms with van der Waals surface area (Å²) in [6, 6.07) is 11.9. The number of nitrogens with zero attached hydrogens (tertiary/aromatic N) is 1. The molecule has 0 heterocycles. The molecule has 0 radical (unpaired) electrons. The van der Waals surface area contributed by atoms with Crippen LogP contribution in [0.2, 0.25) is 0 Å². The number of benzene rings is 2. The van der Waals surface area contributed by atoms with Crippen LogP contribution in [0.3, 0.4) is 0 Å². The van der Waals surface area contributed by atoms with Crippen LogP contribution in [0.1, 0.15) is 15.9 Å². The van der Waals surface area contributed by atoms with Gasteiger partial charge in [0.1, 0.15) is 17.2 Å². The van der Waals surface area contributed by atoms with Gasteiger partial charge in [0, 0.05) is 11.6 Å². The van der Waals surface area contributed by atoms with Gasteiger partial charge in [0.05, 0.1) is 34.1 Å². The zero-order valence-corrected chi connectivity index (χ0v) is 15.3.